The number of ether oxygens (including phenoxy) is 1. The van der Waals surface area contributed by atoms with Crippen LogP contribution in [-0.4, -0.2) is 25.2 Å². The number of aromatic nitrogens is 1. The topological polar surface area (TPSA) is 46.2 Å². The van der Waals surface area contributed by atoms with Crippen molar-refractivity contribution in [2.45, 2.75) is 13.0 Å². The smallest absolute Gasteiger partial charge is 0.127 e. The quantitative estimate of drug-likeness (QED) is 0.278. The number of benzene rings is 3. The molecule has 0 amide bonds. The van der Waals surface area contributed by atoms with Crippen molar-refractivity contribution in [3.63, 3.8) is 0 Å². The van der Waals surface area contributed by atoms with Crippen molar-refractivity contribution in [1.29, 1.82) is 0 Å². The first-order valence-corrected chi connectivity index (χ1v) is 10.3. The van der Waals surface area contributed by atoms with Crippen LogP contribution in [0.4, 0.5) is 10.1 Å². The van der Waals surface area contributed by atoms with Crippen molar-refractivity contribution in [1.82, 2.24) is 10.3 Å². The van der Waals surface area contributed by atoms with Crippen LogP contribution in [0.15, 0.2) is 60.7 Å². The summed E-state index contributed by atoms with van der Waals surface area (Å²) < 4.78 is 19.1. The number of hydrogen-bond donors (Lipinski definition) is 2. The molecule has 0 aliphatic rings. The van der Waals surface area contributed by atoms with Crippen LogP contribution in [0.1, 0.15) is 12.0 Å². The predicted octanol–water partition coefficient (Wildman–Crippen LogP) is 5.78. The van der Waals surface area contributed by atoms with Crippen molar-refractivity contribution in [3.05, 3.63) is 77.1 Å². The average molecular weight is 424 g/mol. The van der Waals surface area contributed by atoms with E-state index >= 15 is 0 Å². The maximum absolute atomic E-state index is 13.7. The number of nitrogens with one attached hydrogen (secondary N) is 2. The van der Waals surface area contributed by atoms with Crippen molar-refractivity contribution >= 4 is 39.1 Å². The minimum atomic E-state index is -0.176. The second kappa shape index (κ2) is 9.28. The van der Waals surface area contributed by atoms with E-state index in [9.17, 15) is 4.39 Å². The molecule has 0 atom stereocenters. The Bertz CT molecular complexity index is 1180. The summed E-state index contributed by atoms with van der Waals surface area (Å²) in [5.41, 5.74) is 3.42. The minimum Gasteiger partial charge on any atom is -0.497 e. The molecule has 30 heavy (non-hydrogen) atoms. The van der Waals surface area contributed by atoms with E-state index in [1.54, 1.807) is 19.2 Å². The van der Waals surface area contributed by atoms with Crippen LogP contribution in [0.2, 0.25) is 5.02 Å². The lowest BCUT2D eigenvalue weighted by Crippen LogP contribution is -2.18. The Morgan fingerprint density at radius 2 is 1.83 bits per heavy atom. The Hall–Kier alpha value is -2.89. The van der Waals surface area contributed by atoms with Gasteiger partial charge >= 0.3 is 0 Å². The number of fused-ring (bicyclic) bond motifs is 2. The van der Waals surface area contributed by atoms with E-state index in [1.807, 2.05) is 42.5 Å². The summed E-state index contributed by atoms with van der Waals surface area (Å²) in [5, 5.41) is 9.53. The first-order chi connectivity index (χ1) is 14.7. The van der Waals surface area contributed by atoms with Crippen LogP contribution in [0.25, 0.3) is 21.8 Å². The summed E-state index contributed by atoms with van der Waals surface area (Å²) in [6.07, 6.45) is 0.886. The number of nitrogens with zero attached hydrogens (tertiary/aromatic N) is 1. The normalized spacial score (nSPS) is 11.2. The molecule has 1 heterocycles. The monoisotopic (exact) mass is 423 g/mol. The lowest BCUT2D eigenvalue weighted by molar-refractivity contribution is 0.415. The largest absolute Gasteiger partial charge is 0.497 e. The molecule has 3 aromatic carbocycles. The van der Waals surface area contributed by atoms with Gasteiger partial charge in [0.1, 0.15) is 11.6 Å². The van der Waals surface area contributed by atoms with Crippen molar-refractivity contribution in [2.75, 3.05) is 25.5 Å². The Kier molecular flexibility index (Phi) is 6.31. The van der Waals surface area contributed by atoms with Gasteiger partial charge in [0, 0.05) is 34.4 Å². The average Bonchev–Trinajstić information content (AvgIpc) is 2.76. The lowest BCUT2D eigenvalue weighted by atomic mass is 10.1. The second-order valence-corrected chi connectivity index (χ2v) is 7.52. The highest BCUT2D eigenvalue weighted by atomic mass is 35.5. The molecular formula is C24H23ClFN3O. The Labute approximate surface area is 180 Å². The number of methoxy groups -OCH3 is 1. The number of rotatable bonds is 8. The van der Waals surface area contributed by atoms with Gasteiger partial charge in [0.25, 0.3) is 0 Å². The molecule has 0 bridgehead atoms. The molecule has 4 aromatic rings. The highest BCUT2D eigenvalue weighted by Gasteiger charge is 2.10. The van der Waals surface area contributed by atoms with Gasteiger partial charge in [-0.1, -0.05) is 29.8 Å². The molecule has 4 rings (SSSR count). The van der Waals surface area contributed by atoms with E-state index in [-0.39, 0.29) is 5.82 Å². The van der Waals surface area contributed by atoms with Gasteiger partial charge in [-0.05, 0) is 55.4 Å². The van der Waals surface area contributed by atoms with E-state index in [4.69, 9.17) is 21.3 Å². The van der Waals surface area contributed by atoms with E-state index in [2.05, 4.69) is 10.6 Å². The molecule has 0 spiro atoms. The molecule has 0 aliphatic carbocycles. The van der Waals surface area contributed by atoms with E-state index in [1.165, 1.54) is 6.07 Å². The zero-order valence-electron chi connectivity index (χ0n) is 16.7. The Morgan fingerprint density at radius 3 is 2.67 bits per heavy atom. The third kappa shape index (κ3) is 4.48. The molecule has 0 unspecified atom stereocenters. The molecule has 6 heteroatoms. The van der Waals surface area contributed by atoms with Gasteiger partial charge in [-0.3, -0.25) is 0 Å². The lowest BCUT2D eigenvalue weighted by Gasteiger charge is -2.14. The van der Waals surface area contributed by atoms with Crippen molar-refractivity contribution < 1.29 is 9.13 Å². The number of anilines is 1. The second-order valence-electron chi connectivity index (χ2n) is 7.08. The first-order valence-electron chi connectivity index (χ1n) is 9.91. The Balaban J connectivity index is 1.48. The number of halogens is 2. The highest BCUT2D eigenvalue weighted by molar-refractivity contribution is 6.31. The van der Waals surface area contributed by atoms with Crippen molar-refractivity contribution in [2.24, 2.45) is 0 Å². The molecule has 154 valence electrons. The van der Waals surface area contributed by atoms with Gasteiger partial charge in [0.2, 0.25) is 0 Å². The molecule has 2 N–H and O–H groups in total. The molecule has 0 saturated carbocycles. The standard InChI is InChI=1S/C24H23ClFN3O/c1-30-18-8-10-22-20(14-18)24(19-9-7-17(25)13-23(19)29-22)28-12-4-11-27-15-16-5-2-3-6-21(16)26/h2-3,5-10,13-14,27H,4,11-12,15H2,1H3,(H,28,29). The fraction of sp³-hybridized carbons (Fsp3) is 0.208. The molecule has 0 fully saturated rings. The van der Waals surface area contributed by atoms with Crippen LogP contribution in [0, 0.1) is 5.82 Å². The molecule has 1 aromatic heterocycles. The van der Waals surface area contributed by atoms with Crippen LogP contribution < -0.4 is 15.4 Å². The van der Waals surface area contributed by atoms with E-state index in [0.717, 1.165) is 52.8 Å². The third-order valence-corrected chi connectivity index (χ3v) is 5.28. The van der Waals surface area contributed by atoms with E-state index < -0.39 is 0 Å². The molecule has 0 aliphatic heterocycles. The van der Waals surface area contributed by atoms with E-state index in [0.29, 0.717) is 17.1 Å². The summed E-state index contributed by atoms with van der Waals surface area (Å²) in [5.74, 6) is 0.609. The van der Waals surface area contributed by atoms with Crippen LogP contribution in [0.3, 0.4) is 0 Å². The van der Waals surface area contributed by atoms with Gasteiger partial charge in [-0.15, -0.1) is 0 Å². The molecule has 0 saturated heterocycles. The maximum Gasteiger partial charge on any atom is 0.127 e. The van der Waals surface area contributed by atoms with Crippen LogP contribution >= 0.6 is 11.6 Å². The maximum atomic E-state index is 13.7. The SMILES string of the molecule is COc1ccc2nc3cc(Cl)ccc3c(NCCCNCc3ccccc3F)c2c1. The highest BCUT2D eigenvalue weighted by Crippen LogP contribution is 2.34. The summed E-state index contributed by atoms with van der Waals surface area (Å²) in [6, 6.07) is 18.4. The zero-order chi connectivity index (χ0) is 20.9. The van der Waals surface area contributed by atoms with Crippen molar-refractivity contribution in [3.8, 4) is 5.75 Å². The van der Waals surface area contributed by atoms with Gasteiger partial charge in [-0.2, -0.15) is 0 Å². The third-order valence-electron chi connectivity index (χ3n) is 5.05. The molecule has 0 radical (unpaired) electrons. The summed E-state index contributed by atoms with van der Waals surface area (Å²) in [4.78, 5) is 4.75. The molecular weight excluding hydrogens is 401 g/mol. The summed E-state index contributed by atoms with van der Waals surface area (Å²) >= 11 is 6.18. The number of pyridine rings is 1. The minimum absolute atomic E-state index is 0.176. The van der Waals surface area contributed by atoms with Gasteiger partial charge < -0.3 is 15.4 Å². The zero-order valence-corrected chi connectivity index (χ0v) is 17.5. The van der Waals surface area contributed by atoms with Gasteiger partial charge in [0.05, 0.1) is 23.8 Å². The molecule has 4 nitrogen and oxygen atoms in total. The van der Waals surface area contributed by atoms with Crippen LogP contribution in [-0.2, 0) is 6.54 Å². The first kappa shape index (κ1) is 20.4. The Morgan fingerprint density at radius 1 is 0.967 bits per heavy atom. The summed E-state index contributed by atoms with van der Waals surface area (Å²) in [7, 11) is 1.66. The number of hydrogen-bond acceptors (Lipinski definition) is 4. The summed E-state index contributed by atoms with van der Waals surface area (Å²) in [6.45, 7) is 2.05. The van der Waals surface area contributed by atoms with Crippen LogP contribution in [0.5, 0.6) is 5.75 Å². The fourth-order valence-corrected chi connectivity index (χ4v) is 3.67. The van der Waals surface area contributed by atoms with Gasteiger partial charge in [-0.25, -0.2) is 9.37 Å². The predicted molar refractivity (Wildman–Crippen MR) is 122 cm³/mol. The van der Waals surface area contributed by atoms with Gasteiger partial charge in [0.15, 0.2) is 0 Å². The fourth-order valence-electron chi connectivity index (χ4n) is 3.51.